The van der Waals surface area contributed by atoms with Gasteiger partial charge in [-0.05, 0) is 19.3 Å². The molecule has 2 aromatic carbocycles. The second-order valence-electron chi connectivity index (χ2n) is 7.51. The van der Waals surface area contributed by atoms with Gasteiger partial charge in [0.2, 0.25) is 0 Å². The number of non-ortho nitro benzene ring substituents is 2. The van der Waals surface area contributed by atoms with Crippen molar-refractivity contribution in [2.45, 2.75) is 32.1 Å². The van der Waals surface area contributed by atoms with Gasteiger partial charge in [-0.15, -0.1) is 0 Å². The van der Waals surface area contributed by atoms with Crippen LogP contribution >= 0.6 is 17.0 Å². The molecule has 0 bridgehead atoms. The second kappa shape index (κ2) is 11.3. The van der Waals surface area contributed by atoms with E-state index in [2.05, 4.69) is 9.89 Å². The Labute approximate surface area is 198 Å². The molecule has 0 unspecified atom stereocenters. The molecular formula is C21H24BiCl2N4O4. The van der Waals surface area contributed by atoms with Crippen molar-refractivity contribution in [2.75, 3.05) is 19.6 Å². The summed E-state index contributed by atoms with van der Waals surface area (Å²) in [5.74, 6) is 1.40. The summed E-state index contributed by atoms with van der Waals surface area (Å²) in [6, 6.07) is 11.5. The van der Waals surface area contributed by atoms with E-state index in [1.54, 1.807) is 0 Å². The van der Waals surface area contributed by atoms with Crippen LogP contribution in [0.15, 0.2) is 53.5 Å². The number of fused-ring (bicyclic) bond motifs is 1. The fourth-order valence-corrected chi connectivity index (χ4v) is 12.8. The van der Waals surface area contributed by atoms with Gasteiger partial charge >= 0.3 is 131 Å². The van der Waals surface area contributed by atoms with E-state index < -0.39 is 27.7 Å². The Balaban J connectivity index is 0.000000219. The molecule has 2 aliphatic heterocycles. The van der Waals surface area contributed by atoms with Crippen LogP contribution in [0.3, 0.4) is 0 Å². The molecular weight excluding hydrogens is 652 g/mol. The van der Waals surface area contributed by atoms with Gasteiger partial charge in [0.25, 0.3) is 0 Å². The van der Waals surface area contributed by atoms with E-state index in [0.717, 1.165) is 6.54 Å². The molecule has 32 heavy (non-hydrogen) atoms. The second-order valence-corrected chi connectivity index (χ2v) is 25.9. The fraction of sp³-hybridized carbons (Fsp3) is 0.381. The van der Waals surface area contributed by atoms with Gasteiger partial charge in [-0.3, -0.25) is 4.99 Å². The Kier molecular flexibility index (Phi) is 8.80. The van der Waals surface area contributed by atoms with Gasteiger partial charge in [-0.2, -0.15) is 0 Å². The van der Waals surface area contributed by atoms with Gasteiger partial charge in [0.1, 0.15) is 0 Å². The van der Waals surface area contributed by atoms with E-state index in [-0.39, 0.29) is 11.4 Å². The SMILES string of the molecule is C1CCC2=NCCCN2CC1.O=[N+]([O-])c1cc[c]([Bi]([Cl])([Cl])[c]2ccc([N+](=O)[O-])cc2)cc1. The molecule has 8 nitrogen and oxygen atoms in total. The molecule has 0 aromatic heterocycles. The topological polar surface area (TPSA) is 102 Å². The molecule has 2 heterocycles. The molecule has 171 valence electrons. The van der Waals surface area contributed by atoms with Crippen molar-refractivity contribution in [1.29, 1.82) is 0 Å². The molecule has 0 spiro atoms. The third-order valence-electron chi connectivity index (χ3n) is 5.34. The zero-order valence-electron chi connectivity index (χ0n) is 17.4. The van der Waals surface area contributed by atoms with Gasteiger partial charge in [0.15, 0.2) is 0 Å². The maximum atomic E-state index is 10.6. The average Bonchev–Trinajstić information content (AvgIpc) is 3.05. The zero-order chi connectivity index (χ0) is 23.1. The van der Waals surface area contributed by atoms with Gasteiger partial charge in [0, 0.05) is 26.1 Å². The van der Waals surface area contributed by atoms with Crippen LogP contribution in [0.2, 0.25) is 0 Å². The number of aliphatic imine (C=N–C) groups is 1. The number of nitro groups is 2. The Morgan fingerprint density at radius 1 is 0.781 bits per heavy atom. The van der Waals surface area contributed by atoms with Crippen LogP contribution in [0.25, 0.3) is 0 Å². The van der Waals surface area contributed by atoms with E-state index in [4.69, 9.17) is 17.0 Å². The fourth-order valence-electron chi connectivity index (χ4n) is 3.61. The van der Waals surface area contributed by atoms with Crippen molar-refractivity contribution in [2.24, 2.45) is 4.99 Å². The first-order chi connectivity index (χ1) is 15.3. The Hall–Kier alpha value is -1.83. The first-order valence-corrected chi connectivity index (χ1v) is 22.4. The number of amidine groups is 1. The normalized spacial score (nSPS) is 16.1. The van der Waals surface area contributed by atoms with E-state index in [9.17, 15) is 20.2 Å². The van der Waals surface area contributed by atoms with Crippen LogP contribution < -0.4 is 6.54 Å². The van der Waals surface area contributed by atoms with Crippen LogP contribution in [0.1, 0.15) is 32.1 Å². The summed E-state index contributed by atoms with van der Waals surface area (Å²) < 4.78 is 1.30. The van der Waals surface area contributed by atoms with Gasteiger partial charge in [-0.25, -0.2) is 0 Å². The molecule has 1 fully saturated rings. The molecule has 1 saturated heterocycles. The Morgan fingerprint density at radius 2 is 1.28 bits per heavy atom. The zero-order valence-corrected chi connectivity index (χ0v) is 22.4. The summed E-state index contributed by atoms with van der Waals surface area (Å²) in [6.45, 7) is 3.60. The number of hydrogen-bond acceptors (Lipinski definition) is 6. The summed E-state index contributed by atoms with van der Waals surface area (Å²) in [7, 11) is 13.0. The molecule has 2 aromatic rings. The molecule has 0 atom stereocenters. The Bertz CT molecular complexity index is 925. The number of hydrogen-bond donors (Lipinski definition) is 0. The van der Waals surface area contributed by atoms with Crippen molar-refractivity contribution in [1.82, 2.24) is 4.90 Å². The van der Waals surface area contributed by atoms with Crippen molar-refractivity contribution >= 4 is 58.7 Å². The molecule has 0 N–H and O–H groups in total. The van der Waals surface area contributed by atoms with Gasteiger partial charge in [-0.1, -0.05) is 6.42 Å². The molecule has 2 aliphatic rings. The van der Waals surface area contributed by atoms with E-state index in [1.807, 2.05) is 0 Å². The molecule has 0 aliphatic carbocycles. The number of nitro benzene ring substituents is 2. The standard InChI is InChI=1S/C9H16N2.2C6H4NO2.Bi.2ClH/c1-2-5-9-10-6-4-8-11(9)7-3-1;2*8-7(9)6-4-2-1-3-5-6;;;/h1-8H2;2*2-5H;;2*1H/q;;;+2;;/p-2. The average molecular weight is 676 g/mol. The van der Waals surface area contributed by atoms with Crippen LogP contribution in [0.5, 0.6) is 0 Å². The van der Waals surface area contributed by atoms with Crippen molar-refractivity contribution in [3.63, 3.8) is 0 Å². The number of nitrogens with zero attached hydrogens (tertiary/aromatic N) is 4. The van der Waals surface area contributed by atoms with E-state index in [1.165, 1.54) is 99.6 Å². The number of halogens is 2. The van der Waals surface area contributed by atoms with Crippen LogP contribution in [0, 0.1) is 20.2 Å². The first-order valence-electron chi connectivity index (χ1n) is 10.4. The monoisotopic (exact) mass is 675 g/mol. The van der Waals surface area contributed by atoms with E-state index >= 15 is 0 Å². The predicted octanol–water partition coefficient (Wildman–Crippen LogP) is 4.20. The van der Waals surface area contributed by atoms with Crippen molar-refractivity contribution in [3.8, 4) is 0 Å². The molecule has 0 saturated carbocycles. The molecule has 0 amide bonds. The Morgan fingerprint density at radius 3 is 1.78 bits per heavy atom. The minimum absolute atomic E-state index is 0.0428. The summed E-state index contributed by atoms with van der Waals surface area (Å²) >= 11 is -3.96. The number of benzene rings is 2. The van der Waals surface area contributed by atoms with Crippen molar-refractivity contribution < 1.29 is 9.85 Å². The van der Waals surface area contributed by atoms with Crippen molar-refractivity contribution in [3.05, 3.63) is 68.8 Å². The third-order valence-corrected chi connectivity index (χ3v) is 19.6. The van der Waals surface area contributed by atoms with Crippen LogP contribution in [-0.4, -0.2) is 58.1 Å². The summed E-state index contributed by atoms with van der Waals surface area (Å²) in [5.41, 5.74) is -0.0856. The minimum atomic E-state index is -3.96. The molecule has 4 rings (SSSR count). The molecule has 11 heteroatoms. The predicted molar refractivity (Wildman–Crippen MR) is 130 cm³/mol. The van der Waals surface area contributed by atoms with Gasteiger partial charge in [0.05, 0.1) is 5.84 Å². The first kappa shape index (κ1) is 24.8. The number of rotatable bonds is 4. The summed E-state index contributed by atoms with van der Waals surface area (Å²) in [6.07, 6.45) is 6.63. The quantitative estimate of drug-likeness (QED) is 0.275. The van der Waals surface area contributed by atoms with E-state index in [0.29, 0.717) is 6.54 Å². The van der Waals surface area contributed by atoms with Crippen LogP contribution in [0.4, 0.5) is 11.4 Å². The van der Waals surface area contributed by atoms with Gasteiger partial charge < -0.3 is 4.90 Å². The maximum absolute atomic E-state index is 10.6. The summed E-state index contributed by atoms with van der Waals surface area (Å²) in [4.78, 5) is 27.3. The summed E-state index contributed by atoms with van der Waals surface area (Å²) in [5, 5.41) is 21.3. The molecule has 1 radical (unpaired) electrons. The van der Waals surface area contributed by atoms with Crippen LogP contribution in [-0.2, 0) is 0 Å². The third kappa shape index (κ3) is 6.36.